The highest BCUT2D eigenvalue weighted by molar-refractivity contribution is 7.93. The summed E-state index contributed by atoms with van der Waals surface area (Å²) >= 11 is 5.65. The van der Waals surface area contributed by atoms with E-state index < -0.39 is 30.8 Å². The minimum absolute atomic E-state index is 0.0353. The fourth-order valence-electron chi connectivity index (χ4n) is 2.56. The van der Waals surface area contributed by atoms with E-state index in [2.05, 4.69) is 4.72 Å². The molecule has 0 aromatic heterocycles. The molecule has 3 aromatic rings. The number of hydrogen-bond donors (Lipinski definition) is 1. The van der Waals surface area contributed by atoms with E-state index in [-0.39, 0.29) is 15.6 Å². The van der Waals surface area contributed by atoms with E-state index in [0.29, 0.717) is 5.69 Å². The Labute approximate surface area is 173 Å². The summed E-state index contributed by atoms with van der Waals surface area (Å²) in [7, 11) is -6.87. The molecule has 0 aliphatic heterocycles. The van der Waals surface area contributed by atoms with Gasteiger partial charge in [0.15, 0.2) is 5.82 Å². The van der Waals surface area contributed by atoms with E-state index in [0.717, 1.165) is 16.4 Å². The number of nitrogens with zero attached hydrogens (tertiary/aromatic N) is 1. The van der Waals surface area contributed by atoms with Gasteiger partial charge < -0.3 is 0 Å². The Bertz CT molecular complexity index is 1250. The molecule has 3 aromatic carbocycles. The predicted molar refractivity (Wildman–Crippen MR) is 111 cm³/mol. The maximum Gasteiger partial charge on any atom is 0.264 e. The maximum atomic E-state index is 14.1. The molecule has 29 heavy (non-hydrogen) atoms. The molecule has 6 nitrogen and oxygen atoms in total. The third-order valence-corrected chi connectivity index (χ3v) is 7.54. The van der Waals surface area contributed by atoms with Crippen molar-refractivity contribution >= 4 is 43.0 Å². The molecule has 152 valence electrons. The smallest absolute Gasteiger partial charge is 0.264 e. The van der Waals surface area contributed by atoms with Crippen LogP contribution in [0.2, 0.25) is 5.02 Å². The topological polar surface area (TPSA) is 83.6 Å². The van der Waals surface area contributed by atoms with Crippen molar-refractivity contribution in [2.45, 2.75) is 9.79 Å². The zero-order valence-electron chi connectivity index (χ0n) is 15.1. The summed E-state index contributed by atoms with van der Waals surface area (Å²) in [5.74, 6) is -1.09. The van der Waals surface area contributed by atoms with E-state index >= 15 is 0 Å². The number of para-hydroxylation sites is 1. The zero-order valence-corrected chi connectivity index (χ0v) is 17.5. The van der Waals surface area contributed by atoms with Crippen LogP contribution in [0.5, 0.6) is 0 Å². The SMILES string of the molecule is CN(c1ccccc1)S(=O)(=O)c1cccc(NS(=O)(=O)c2cccc(Cl)c2F)c1. The molecule has 0 aliphatic rings. The zero-order chi connectivity index (χ0) is 21.2. The van der Waals surface area contributed by atoms with Crippen molar-refractivity contribution in [2.75, 3.05) is 16.1 Å². The summed E-state index contributed by atoms with van der Waals surface area (Å²) in [6.45, 7) is 0. The van der Waals surface area contributed by atoms with Gasteiger partial charge in [-0.1, -0.05) is 41.9 Å². The molecule has 0 radical (unpaired) electrons. The second-order valence-electron chi connectivity index (χ2n) is 5.99. The Morgan fingerprint density at radius 2 is 1.55 bits per heavy atom. The first kappa shape index (κ1) is 21.1. The van der Waals surface area contributed by atoms with Gasteiger partial charge in [0.2, 0.25) is 0 Å². The molecule has 3 rings (SSSR count). The number of anilines is 2. The number of nitrogens with one attached hydrogen (secondary N) is 1. The van der Waals surface area contributed by atoms with Gasteiger partial charge in [0.05, 0.1) is 21.3 Å². The lowest BCUT2D eigenvalue weighted by Gasteiger charge is -2.20. The highest BCUT2D eigenvalue weighted by Gasteiger charge is 2.24. The van der Waals surface area contributed by atoms with Gasteiger partial charge in [-0.05, 0) is 42.5 Å². The van der Waals surface area contributed by atoms with Crippen molar-refractivity contribution in [2.24, 2.45) is 0 Å². The maximum absolute atomic E-state index is 14.1. The van der Waals surface area contributed by atoms with Gasteiger partial charge in [0, 0.05) is 7.05 Å². The first-order chi connectivity index (χ1) is 13.6. The first-order valence-electron chi connectivity index (χ1n) is 8.24. The van der Waals surface area contributed by atoms with Crippen LogP contribution in [0.25, 0.3) is 0 Å². The summed E-state index contributed by atoms with van der Waals surface area (Å²) in [4.78, 5) is -0.768. The normalized spacial score (nSPS) is 11.8. The van der Waals surface area contributed by atoms with Crippen LogP contribution in [0.15, 0.2) is 82.6 Å². The number of benzene rings is 3. The Hall–Kier alpha value is -2.62. The molecule has 0 fully saturated rings. The van der Waals surface area contributed by atoms with Crippen LogP contribution in [0.4, 0.5) is 15.8 Å². The fraction of sp³-hybridized carbons (Fsp3) is 0.0526. The lowest BCUT2D eigenvalue weighted by atomic mass is 10.3. The van der Waals surface area contributed by atoms with E-state index in [1.54, 1.807) is 30.3 Å². The summed E-state index contributed by atoms with van der Waals surface area (Å²) in [5, 5.41) is -0.339. The molecule has 0 aliphatic carbocycles. The number of hydrogen-bond acceptors (Lipinski definition) is 4. The van der Waals surface area contributed by atoms with Crippen LogP contribution >= 0.6 is 11.6 Å². The summed E-state index contributed by atoms with van der Waals surface area (Å²) in [5.41, 5.74) is 0.409. The molecule has 1 N–H and O–H groups in total. The monoisotopic (exact) mass is 454 g/mol. The highest BCUT2D eigenvalue weighted by Crippen LogP contribution is 2.27. The van der Waals surface area contributed by atoms with Gasteiger partial charge in [0.25, 0.3) is 20.0 Å². The molecule has 0 heterocycles. The van der Waals surface area contributed by atoms with Crippen LogP contribution in [0.1, 0.15) is 0 Å². The molecule has 0 amide bonds. The first-order valence-corrected chi connectivity index (χ1v) is 11.5. The molecular weight excluding hydrogens is 439 g/mol. The Morgan fingerprint density at radius 3 is 2.24 bits per heavy atom. The van der Waals surface area contributed by atoms with Gasteiger partial charge >= 0.3 is 0 Å². The minimum atomic E-state index is -4.32. The molecule has 10 heteroatoms. The Balaban J connectivity index is 1.95. The van der Waals surface area contributed by atoms with Crippen LogP contribution < -0.4 is 9.03 Å². The Kier molecular flexibility index (Phi) is 5.83. The van der Waals surface area contributed by atoms with Crippen LogP contribution in [-0.2, 0) is 20.0 Å². The molecular formula is C19H16ClFN2O4S2. The quantitative estimate of drug-likeness (QED) is 0.607. The minimum Gasteiger partial charge on any atom is -0.279 e. The van der Waals surface area contributed by atoms with Gasteiger partial charge in [0.1, 0.15) is 4.90 Å². The Morgan fingerprint density at radius 1 is 0.897 bits per heavy atom. The average molecular weight is 455 g/mol. The second kappa shape index (κ2) is 8.02. The van der Waals surface area contributed by atoms with Crippen molar-refractivity contribution in [1.82, 2.24) is 0 Å². The van der Waals surface area contributed by atoms with Crippen molar-refractivity contribution in [3.63, 3.8) is 0 Å². The number of halogens is 2. The fourth-order valence-corrected chi connectivity index (χ4v) is 5.18. The third-order valence-electron chi connectivity index (χ3n) is 4.07. The van der Waals surface area contributed by atoms with Gasteiger partial charge in [-0.25, -0.2) is 21.2 Å². The molecule has 0 bridgehead atoms. The van der Waals surface area contributed by atoms with Gasteiger partial charge in [-0.2, -0.15) is 0 Å². The highest BCUT2D eigenvalue weighted by atomic mass is 35.5. The summed E-state index contributed by atoms with van der Waals surface area (Å²) < 4.78 is 68.2. The van der Waals surface area contributed by atoms with E-state index in [1.165, 1.54) is 37.4 Å². The standard InChI is InChI=1S/C19H16ClFN2O4S2/c1-23(15-8-3-2-4-9-15)29(26,27)16-10-5-7-14(13-16)22-28(24,25)18-12-6-11-17(20)19(18)21/h2-13,22H,1H3. The summed E-state index contributed by atoms with van der Waals surface area (Å²) in [6.07, 6.45) is 0. The second-order valence-corrected chi connectivity index (χ2v) is 10.0. The van der Waals surface area contributed by atoms with E-state index in [4.69, 9.17) is 11.6 Å². The molecule has 0 saturated carbocycles. The molecule has 0 unspecified atom stereocenters. The molecule has 0 spiro atoms. The van der Waals surface area contributed by atoms with Crippen molar-refractivity contribution in [3.05, 3.63) is 83.6 Å². The predicted octanol–water partition coefficient (Wildman–Crippen LogP) is 4.11. The van der Waals surface area contributed by atoms with E-state index in [1.807, 2.05) is 0 Å². The lowest BCUT2D eigenvalue weighted by molar-refractivity contribution is 0.570. The van der Waals surface area contributed by atoms with E-state index in [9.17, 15) is 21.2 Å². The largest absolute Gasteiger partial charge is 0.279 e. The van der Waals surface area contributed by atoms with Gasteiger partial charge in [-0.3, -0.25) is 9.03 Å². The van der Waals surface area contributed by atoms with Crippen molar-refractivity contribution in [3.8, 4) is 0 Å². The third kappa shape index (κ3) is 4.36. The van der Waals surface area contributed by atoms with Crippen LogP contribution in [0.3, 0.4) is 0 Å². The van der Waals surface area contributed by atoms with Gasteiger partial charge in [-0.15, -0.1) is 0 Å². The van der Waals surface area contributed by atoms with Crippen LogP contribution in [-0.4, -0.2) is 23.9 Å². The molecule has 0 saturated heterocycles. The summed E-state index contributed by atoms with van der Waals surface area (Å²) in [6, 6.07) is 17.3. The lowest BCUT2D eigenvalue weighted by Crippen LogP contribution is -2.26. The van der Waals surface area contributed by atoms with Crippen molar-refractivity contribution in [1.29, 1.82) is 0 Å². The van der Waals surface area contributed by atoms with Crippen molar-refractivity contribution < 1.29 is 21.2 Å². The average Bonchev–Trinajstić information content (AvgIpc) is 2.70. The molecule has 0 atom stereocenters. The van der Waals surface area contributed by atoms with Crippen LogP contribution in [0, 0.1) is 5.82 Å². The number of rotatable bonds is 6. The number of sulfonamides is 2.